The molecule has 2 saturated heterocycles. The van der Waals surface area contributed by atoms with Crippen LogP contribution < -0.4 is 0 Å². The van der Waals surface area contributed by atoms with Crippen molar-refractivity contribution in [3.63, 3.8) is 0 Å². The van der Waals surface area contributed by atoms with Gasteiger partial charge < -0.3 is 19.1 Å². The summed E-state index contributed by atoms with van der Waals surface area (Å²) in [6.45, 7) is 6.94. The molecular formula is C13H17Br2NO6S. The summed E-state index contributed by atoms with van der Waals surface area (Å²) < 4.78 is 13.2. The molecule has 0 N–H and O–H groups in total. The van der Waals surface area contributed by atoms with E-state index >= 15 is 0 Å². The Morgan fingerprint density at radius 2 is 1.96 bits per heavy atom. The van der Waals surface area contributed by atoms with Gasteiger partial charge in [-0.2, -0.15) is 0 Å². The second-order valence-electron chi connectivity index (χ2n) is 5.62. The Bertz CT molecular complexity index is 541. The molecule has 1 unspecified atom stereocenters. The van der Waals surface area contributed by atoms with Gasteiger partial charge in [0.25, 0.3) is 5.91 Å². The van der Waals surface area contributed by atoms with Gasteiger partial charge in [0, 0.05) is 11.7 Å². The molecule has 2 rings (SSSR count). The van der Waals surface area contributed by atoms with E-state index in [0.717, 1.165) is 0 Å². The minimum absolute atomic E-state index is 0.161. The van der Waals surface area contributed by atoms with Crippen molar-refractivity contribution >= 4 is 61.7 Å². The summed E-state index contributed by atoms with van der Waals surface area (Å²) in [4.78, 5) is 37.4. The van der Waals surface area contributed by atoms with Crippen molar-refractivity contribution in [3.8, 4) is 0 Å². The lowest BCUT2D eigenvalue weighted by molar-refractivity contribution is -0.179. The number of fused-ring (bicyclic) bond motifs is 1. The summed E-state index contributed by atoms with van der Waals surface area (Å²) in [7, 11) is 0. The molecule has 0 aromatic heterocycles. The predicted octanol–water partition coefficient (Wildman–Crippen LogP) is 2.60. The molecular weight excluding hydrogens is 458 g/mol. The van der Waals surface area contributed by atoms with Crippen LogP contribution in [-0.4, -0.2) is 55.2 Å². The fraction of sp³-hybridized carbons (Fsp3) is 0.769. The lowest BCUT2D eigenvalue weighted by atomic mass is 9.98. The summed E-state index contributed by atoms with van der Waals surface area (Å²) >= 11 is 8.16. The summed E-state index contributed by atoms with van der Waals surface area (Å²) in [5, 5.41) is -0.219. The van der Waals surface area contributed by atoms with E-state index in [-0.39, 0.29) is 17.9 Å². The second-order valence-corrected chi connectivity index (χ2v) is 10.9. The number of ether oxygens (including phenoxy) is 3. The Labute approximate surface area is 155 Å². The van der Waals surface area contributed by atoms with Gasteiger partial charge in [-0.15, -0.1) is 11.8 Å². The van der Waals surface area contributed by atoms with Gasteiger partial charge in [-0.1, -0.05) is 31.9 Å². The number of hydrogen-bond donors (Lipinski definition) is 0. The monoisotopic (exact) mass is 473 g/mol. The average molecular weight is 475 g/mol. The van der Waals surface area contributed by atoms with E-state index in [1.807, 2.05) is 13.8 Å². The van der Waals surface area contributed by atoms with Crippen molar-refractivity contribution in [2.75, 3.05) is 6.61 Å². The van der Waals surface area contributed by atoms with Gasteiger partial charge in [0.15, 0.2) is 3.23 Å². The molecule has 0 aliphatic carbocycles. The molecule has 0 bridgehead atoms. The maximum atomic E-state index is 12.5. The highest BCUT2D eigenvalue weighted by molar-refractivity contribution is 9.26. The molecule has 2 heterocycles. The number of carbonyl (C=O) groups excluding carboxylic acids is 3. The van der Waals surface area contributed by atoms with E-state index in [9.17, 15) is 14.4 Å². The van der Waals surface area contributed by atoms with Crippen molar-refractivity contribution in [1.82, 2.24) is 4.90 Å². The van der Waals surface area contributed by atoms with E-state index in [1.165, 1.54) is 23.6 Å². The summed E-state index contributed by atoms with van der Waals surface area (Å²) in [5.41, 5.74) is 0. The van der Waals surface area contributed by atoms with Crippen LogP contribution in [0.15, 0.2) is 0 Å². The Morgan fingerprint density at radius 3 is 2.52 bits per heavy atom. The number of esters is 1. The zero-order valence-electron chi connectivity index (χ0n) is 13.0. The van der Waals surface area contributed by atoms with Gasteiger partial charge in [0.1, 0.15) is 11.4 Å². The molecule has 0 aromatic rings. The van der Waals surface area contributed by atoms with Crippen LogP contribution in [0.5, 0.6) is 0 Å². The number of hydrogen-bond acceptors (Lipinski definition) is 7. The van der Waals surface area contributed by atoms with Gasteiger partial charge in [-0.05, 0) is 20.8 Å². The Hall–Kier alpha value is -0.480. The van der Waals surface area contributed by atoms with Crippen LogP contribution in [0.4, 0.5) is 4.79 Å². The fourth-order valence-electron chi connectivity index (χ4n) is 2.50. The summed E-state index contributed by atoms with van der Waals surface area (Å²) in [6, 6.07) is -0.763. The largest absolute Gasteiger partial charge is 0.511 e. The maximum absolute atomic E-state index is 12.5. The number of β-lactam (4-membered cyclic amide) rings is 1. The van der Waals surface area contributed by atoms with Crippen molar-refractivity contribution in [2.24, 2.45) is 0 Å². The highest BCUT2D eigenvalue weighted by atomic mass is 79.9. The maximum Gasteiger partial charge on any atom is 0.511 e. The van der Waals surface area contributed by atoms with Crippen LogP contribution in [-0.2, 0) is 23.8 Å². The van der Waals surface area contributed by atoms with Crippen molar-refractivity contribution in [1.29, 1.82) is 0 Å². The molecule has 2 fully saturated rings. The predicted molar refractivity (Wildman–Crippen MR) is 90.3 cm³/mol. The fourth-order valence-corrected chi connectivity index (χ4v) is 5.41. The molecule has 0 saturated carbocycles. The first-order valence-electron chi connectivity index (χ1n) is 6.94. The topological polar surface area (TPSA) is 82.1 Å². The van der Waals surface area contributed by atoms with Gasteiger partial charge in [0.2, 0.25) is 6.29 Å². The molecule has 23 heavy (non-hydrogen) atoms. The Morgan fingerprint density at radius 1 is 1.35 bits per heavy atom. The first kappa shape index (κ1) is 18.9. The van der Waals surface area contributed by atoms with Crippen LogP contribution in [0.3, 0.4) is 0 Å². The molecule has 0 radical (unpaired) electrons. The van der Waals surface area contributed by atoms with Crippen molar-refractivity contribution in [2.45, 2.75) is 53.4 Å². The third-order valence-electron chi connectivity index (χ3n) is 3.46. The smallest absolute Gasteiger partial charge is 0.435 e. The van der Waals surface area contributed by atoms with Gasteiger partial charge >= 0.3 is 12.1 Å². The zero-order valence-corrected chi connectivity index (χ0v) is 17.0. The van der Waals surface area contributed by atoms with E-state index in [2.05, 4.69) is 36.6 Å². The van der Waals surface area contributed by atoms with Crippen LogP contribution in [0.2, 0.25) is 0 Å². The van der Waals surface area contributed by atoms with Crippen LogP contribution in [0.25, 0.3) is 0 Å². The number of rotatable bonds is 4. The Balaban J connectivity index is 2.04. The molecule has 3 atom stereocenters. The molecule has 2 aliphatic heterocycles. The minimum Gasteiger partial charge on any atom is -0.435 e. The highest BCUT2D eigenvalue weighted by Crippen LogP contribution is 2.60. The van der Waals surface area contributed by atoms with E-state index in [1.54, 1.807) is 6.92 Å². The third-order valence-corrected chi connectivity index (χ3v) is 7.25. The second kappa shape index (κ2) is 6.44. The number of thioether (sulfide) groups is 1. The molecule has 130 valence electrons. The third kappa shape index (κ3) is 3.34. The molecule has 2 aliphatic rings. The van der Waals surface area contributed by atoms with Crippen LogP contribution in [0, 0.1) is 0 Å². The van der Waals surface area contributed by atoms with E-state index in [4.69, 9.17) is 9.47 Å². The quantitative estimate of drug-likeness (QED) is 0.268. The van der Waals surface area contributed by atoms with Crippen molar-refractivity contribution < 1.29 is 28.6 Å². The number of carbonyl (C=O) groups is 3. The van der Waals surface area contributed by atoms with E-state index in [0.29, 0.717) is 0 Å². The standard InChI is InChI=1S/C13H17Br2NO6S/c1-5-20-11(19)22-6(2)21-8(17)7-12(3,4)23-10-13(14,15)9(18)16(7)10/h6-7,10H,5H2,1-4H3/t6?,7-,10+/m0/s1. The average Bonchev–Trinajstić information content (AvgIpc) is 2.68. The number of alkyl halides is 2. The van der Waals surface area contributed by atoms with Crippen LogP contribution >= 0.6 is 43.6 Å². The van der Waals surface area contributed by atoms with Gasteiger partial charge in [0.05, 0.1) is 6.61 Å². The first-order chi connectivity index (χ1) is 10.5. The van der Waals surface area contributed by atoms with E-state index < -0.39 is 32.4 Å². The molecule has 0 spiro atoms. The summed E-state index contributed by atoms with van der Waals surface area (Å²) in [6.07, 6.45) is -2.01. The first-order valence-corrected chi connectivity index (χ1v) is 9.41. The van der Waals surface area contributed by atoms with Crippen LogP contribution in [0.1, 0.15) is 27.7 Å². The van der Waals surface area contributed by atoms with Crippen molar-refractivity contribution in [3.05, 3.63) is 0 Å². The number of amides is 1. The highest BCUT2D eigenvalue weighted by Gasteiger charge is 2.70. The Kier molecular flexibility index (Phi) is 5.28. The molecule has 10 heteroatoms. The summed E-state index contributed by atoms with van der Waals surface area (Å²) in [5.74, 6) is -0.855. The molecule has 7 nitrogen and oxygen atoms in total. The molecule has 1 amide bonds. The lowest BCUT2D eigenvalue weighted by Gasteiger charge is -2.46. The minimum atomic E-state index is -1.10. The van der Waals surface area contributed by atoms with Gasteiger partial charge in [-0.3, -0.25) is 4.79 Å². The number of halogens is 2. The zero-order chi connectivity index (χ0) is 17.6. The normalized spacial score (nSPS) is 28.4. The lowest BCUT2D eigenvalue weighted by Crippen LogP contribution is -2.68. The molecule has 0 aromatic carbocycles. The number of nitrogens with zero attached hydrogens (tertiary/aromatic N) is 1. The van der Waals surface area contributed by atoms with Gasteiger partial charge in [-0.25, -0.2) is 9.59 Å². The SMILES string of the molecule is CCOC(=O)OC(C)OC(=O)[C@@H]1N2C(=O)C(Br)(Br)[C@H]2SC1(C)C.